The van der Waals surface area contributed by atoms with Gasteiger partial charge in [-0.05, 0) is 37.3 Å². The molecule has 0 fully saturated rings. The van der Waals surface area contributed by atoms with Crippen LogP contribution in [0.4, 0.5) is 17.1 Å². The molecule has 2 rings (SSSR count). The molecule has 24 heavy (non-hydrogen) atoms. The highest BCUT2D eigenvalue weighted by Crippen LogP contribution is 2.22. The molecule has 2 aromatic carbocycles. The minimum Gasteiger partial charge on any atom is -0.322 e. The topological polar surface area (TPSA) is 118 Å². The molecule has 0 spiro atoms. The Morgan fingerprint density at radius 1 is 1.08 bits per heavy atom. The number of hydrogen-bond donors (Lipinski definition) is 2. The molecule has 0 atom stereocenters. The summed E-state index contributed by atoms with van der Waals surface area (Å²) < 4.78 is 24.6. The van der Waals surface area contributed by atoms with Crippen molar-refractivity contribution in [2.45, 2.75) is 6.92 Å². The van der Waals surface area contributed by atoms with Gasteiger partial charge in [-0.1, -0.05) is 6.07 Å². The Kier molecular flexibility index (Phi) is 4.84. The van der Waals surface area contributed by atoms with E-state index in [1.54, 1.807) is 0 Å². The Balaban J connectivity index is 2.18. The van der Waals surface area contributed by atoms with Crippen LogP contribution in [0.1, 0.15) is 15.9 Å². The van der Waals surface area contributed by atoms with Gasteiger partial charge in [-0.3, -0.25) is 19.6 Å². The van der Waals surface area contributed by atoms with Crippen molar-refractivity contribution in [3.63, 3.8) is 0 Å². The minimum absolute atomic E-state index is 0.129. The summed E-state index contributed by atoms with van der Waals surface area (Å²) in [7, 11) is -3.38. The number of hydrogen-bond acceptors (Lipinski definition) is 5. The molecule has 0 unspecified atom stereocenters. The summed E-state index contributed by atoms with van der Waals surface area (Å²) in [6.45, 7) is 1.51. The summed E-state index contributed by atoms with van der Waals surface area (Å²) in [4.78, 5) is 22.7. The first-order chi connectivity index (χ1) is 11.2. The van der Waals surface area contributed by atoms with Gasteiger partial charge in [-0.2, -0.15) is 0 Å². The first kappa shape index (κ1) is 17.4. The normalized spacial score (nSPS) is 10.9. The van der Waals surface area contributed by atoms with E-state index >= 15 is 0 Å². The molecule has 2 N–H and O–H groups in total. The first-order valence-corrected chi connectivity index (χ1v) is 8.70. The lowest BCUT2D eigenvalue weighted by atomic mass is 10.1. The second-order valence-corrected chi connectivity index (χ2v) is 6.86. The molecule has 0 heterocycles. The number of nitrogens with one attached hydrogen (secondary N) is 2. The molecule has 8 nitrogen and oxygen atoms in total. The SMILES string of the molecule is Cc1c(C(=O)Nc2ccc(NS(C)(=O)=O)cc2)cccc1[N+](=O)[O-]. The molecule has 0 aliphatic rings. The second kappa shape index (κ2) is 6.67. The van der Waals surface area contributed by atoms with E-state index in [4.69, 9.17) is 0 Å². The first-order valence-electron chi connectivity index (χ1n) is 6.80. The predicted molar refractivity (Wildman–Crippen MR) is 90.7 cm³/mol. The molecule has 0 saturated heterocycles. The van der Waals surface area contributed by atoms with Crippen molar-refractivity contribution >= 4 is 33.0 Å². The van der Waals surface area contributed by atoms with Gasteiger partial charge in [0.05, 0.1) is 11.2 Å². The van der Waals surface area contributed by atoms with Crippen LogP contribution in [0.2, 0.25) is 0 Å². The highest BCUT2D eigenvalue weighted by atomic mass is 32.2. The number of rotatable bonds is 5. The number of nitro benzene ring substituents is 1. The van der Waals surface area contributed by atoms with E-state index in [-0.39, 0.29) is 16.8 Å². The van der Waals surface area contributed by atoms with E-state index in [2.05, 4.69) is 10.0 Å². The molecule has 1 amide bonds. The van der Waals surface area contributed by atoms with Crippen LogP contribution in [0, 0.1) is 17.0 Å². The van der Waals surface area contributed by atoms with Crippen LogP contribution < -0.4 is 10.0 Å². The van der Waals surface area contributed by atoms with Crippen LogP contribution >= 0.6 is 0 Å². The van der Waals surface area contributed by atoms with Gasteiger partial charge >= 0.3 is 0 Å². The van der Waals surface area contributed by atoms with E-state index in [1.165, 1.54) is 49.4 Å². The largest absolute Gasteiger partial charge is 0.322 e. The predicted octanol–water partition coefficient (Wildman–Crippen LogP) is 2.53. The number of anilines is 2. The molecule has 0 saturated carbocycles. The standard InChI is InChI=1S/C15H15N3O5S/c1-10-13(4-3-5-14(10)18(20)21)15(19)16-11-6-8-12(9-7-11)17-24(2,22)23/h3-9,17H,1-2H3,(H,16,19). The number of nitro groups is 1. The van der Waals surface area contributed by atoms with Crippen LogP contribution in [-0.4, -0.2) is 25.5 Å². The summed E-state index contributed by atoms with van der Waals surface area (Å²) in [6, 6.07) is 10.3. The third-order valence-electron chi connectivity index (χ3n) is 3.19. The summed E-state index contributed by atoms with van der Waals surface area (Å²) in [5.41, 5.74) is 1.14. The zero-order chi connectivity index (χ0) is 17.9. The maximum Gasteiger partial charge on any atom is 0.273 e. The molecule has 0 aliphatic heterocycles. The molecular formula is C15H15N3O5S. The fourth-order valence-electron chi connectivity index (χ4n) is 2.10. The Morgan fingerprint density at radius 2 is 1.67 bits per heavy atom. The van der Waals surface area contributed by atoms with Gasteiger partial charge in [-0.15, -0.1) is 0 Å². The monoisotopic (exact) mass is 349 g/mol. The van der Waals surface area contributed by atoms with Crippen LogP contribution in [0.15, 0.2) is 42.5 Å². The van der Waals surface area contributed by atoms with Crippen LogP contribution in [-0.2, 0) is 10.0 Å². The lowest BCUT2D eigenvalue weighted by Crippen LogP contribution is -2.14. The summed E-state index contributed by atoms with van der Waals surface area (Å²) in [5, 5.41) is 13.5. The van der Waals surface area contributed by atoms with Crippen molar-refractivity contribution in [1.82, 2.24) is 0 Å². The van der Waals surface area contributed by atoms with Crippen molar-refractivity contribution in [2.75, 3.05) is 16.3 Å². The van der Waals surface area contributed by atoms with E-state index < -0.39 is 20.9 Å². The Morgan fingerprint density at radius 3 is 2.21 bits per heavy atom. The van der Waals surface area contributed by atoms with Gasteiger partial charge < -0.3 is 5.32 Å². The van der Waals surface area contributed by atoms with E-state index in [1.807, 2.05) is 0 Å². The molecule has 0 radical (unpaired) electrons. The fraction of sp³-hybridized carbons (Fsp3) is 0.133. The third-order valence-corrected chi connectivity index (χ3v) is 3.80. The Bertz CT molecular complexity index is 892. The van der Waals surface area contributed by atoms with Gasteiger partial charge in [0.2, 0.25) is 10.0 Å². The smallest absolute Gasteiger partial charge is 0.273 e. The average molecular weight is 349 g/mol. The number of amides is 1. The zero-order valence-electron chi connectivity index (χ0n) is 12.9. The lowest BCUT2D eigenvalue weighted by Gasteiger charge is -2.09. The summed E-state index contributed by atoms with van der Waals surface area (Å²) in [6.07, 6.45) is 1.04. The van der Waals surface area contributed by atoms with Gasteiger partial charge in [-0.25, -0.2) is 8.42 Å². The Hall–Kier alpha value is -2.94. The molecule has 9 heteroatoms. The van der Waals surface area contributed by atoms with Crippen LogP contribution in [0.25, 0.3) is 0 Å². The molecule has 2 aromatic rings. The molecule has 0 bridgehead atoms. The second-order valence-electron chi connectivity index (χ2n) is 5.11. The van der Waals surface area contributed by atoms with Crippen molar-refractivity contribution < 1.29 is 18.1 Å². The summed E-state index contributed by atoms with van der Waals surface area (Å²) >= 11 is 0. The van der Waals surface area contributed by atoms with E-state index in [9.17, 15) is 23.3 Å². The quantitative estimate of drug-likeness (QED) is 0.635. The number of benzene rings is 2. The molecule has 0 aliphatic carbocycles. The molecule has 126 valence electrons. The number of nitrogens with zero attached hydrogens (tertiary/aromatic N) is 1. The number of sulfonamides is 1. The third kappa shape index (κ3) is 4.29. The van der Waals surface area contributed by atoms with Crippen molar-refractivity contribution in [2.24, 2.45) is 0 Å². The van der Waals surface area contributed by atoms with Gasteiger partial charge in [0.1, 0.15) is 0 Å². The maximum absolute atomic E-state index is 12.3. The fourth-order valence-corrected chi connectivity index (χ4v) is 2.67. The zero-order valence-corrected chi connectivity index (χ0v) is 13.8. The lowest BCUT2D eigenvalue weighted by molar-refractivity contribution is -0.385. The highest BCUT2D eigenvalue weighted by molar-refractivity contribution is 7.92. The minimum atomic E-state index is -3.38. The van der Waals surface area contributed by atoms with Crippen molar-refractivity contribution in [1.29, 1.82) is 0 Å². The average Bonchev–Trinajstić information content (AvgIpc) is 2.47. The van der Waals surface area contributed by atoms with Crippen LogP contribution in [0.5, 0.6) is 0 Å². The number of carbonyl (C=O) groups excluding carboxylic acids is 1. The van der Waals surface area contributed by atoms with Gasteiger partial charge in [0, 0.05) is 28.6 Å². The summed E-state index contributed by atoms with van der Waals surface area (Å²) in [5.74, 6) is -0.486. The molecule has 0 aromatic heterocycles. The number of carbonyl (C=O) groups is 1. The highest BCUT2D eigenvalue weighted by Gasteiger charge is 2.18. The Labute approximate surface area is 138 Å². The van der Waals surface area contributed by atoms with Gasteiger partial charge in [0.15, 0.2) is 0 Å². The molecular weight excluding hydrogens is 334 g/mol. The van der Waals surface area contributed by atoms with Crippen molar-refractivity contribution in [3.8, 4) is 0 Å². The maximum atomic E-state index is 12.3. The van der Waals surface area contributed by atoms with E-state index in [0.29, 0.717) is 11.4 Å². The van der Waals surface area contributed by atoms with Gasteiger partial charge in [0.25, 0.3) is 11.6 Å². The van der Waals surface area contributed by atoms with Crippen LogP contribution in [0.3, 0.4) is 0 Å². The van der Waals surface area contributed by atoms with Crippen molar-refractivity contribution in [3.05, 3.63) is 63.7 Å². The van der Waals surface area contributed by atoms with E-state index in [0.717, 1.165) is 6.26 Å².